The van der Waals surface area contributed by atoms with Crippen LogP contribution in [0.3, 0.4) is 0 Å². The monoisotopic (exact) mass is 247 g/mol. The summed E-state index contributed by atoms with van der Waals surface area (Å²) in [6, 6.07) is 0.629. The van der Waals surface area contributed by atoms with Crippen LogP contribution in [0.2, 0.25) is 6.04 Å². The first kappa shape index (κ1) is 15.5. The van der Waals surface area contributed by atoms with E-state index in [-0.39, 0.29) is 0 Å². The zero-order valence-corrected chi connectivity index (χ0v) is 11.3. The first-order valence-electron chi connectivity index (χ1n) is 5.69. The van der Waals surface area contributed by atoms with Gasteiger partial charge in [-0.25, -0.2) is 4.79 Å². The van der Waals surface area contributed by atoms with Gasteiger partial charge in [-0.1, -0.05) is 0 Å². The van der Waals surface area contributed by atoms with Crippen molar-refractivity contribution in [3.05, 3.63) is 0 Å². The van der Waals surface area contributed by atoms with Gasteiger partial charge in [-0.15, -0.1) is 0 Å². The van der Waals surface area contributed by atoms with Gasteiger partial charge in [0.25, 0.3) is 0 Å². The lowest BCUT2D eigenvalue weighted by Crippen LogP contribution is -2.40. The lowest BCUT2D eigenvalue weighted by atomic mass is 10.5. The Labute approximate surface area is 98.1 Å². The van der Waals surface area contributed by atoms with Crippen LogP contribution in [0.5, 0.6) is 0 Å². The van der Waals surface area contributed by atoms with E-state index in [1.807, 2.05) is 20.8 Å². The van der Waals surface area contributed by atoms with Gasteiger partial charge in [0.1, 0.15) is 0 Å². The molecule has 0 atom stereocenters. The van der Waals surface area contributed by atoms with Gasteiger partial charge in [-0.2, -0.15) is 4.66 Å². The molecule has 6 heteroatoms. The molecule has 0 N–H and O–H groups in total. The Bertz CT molecular complexity index is 213. The normalized spacial score (nSPS) is 11.2. The molecule has 16 heavy (non-hydrogen) atoms. The number of carbonyl (C=O) groups excluding carboxylic acids is 1. The molecule has 0 aliphatic rings. The van der Waals surface area contributed by atoms with Gasteiger partial charge in [0.05, 0.1) is 0 Å². The SMILES string of the molecule is CCOCCC[Si](N=C=O)(OCC)OCC. The third-order valence-electron chi connectivity index (χ3n) is 1.94. The predicted octanol–water partition coefficient (Wildman–Crippen LogP) is 1.76. The lowest BCUT2D eigenvalue weighted by molar-refractivity contribution is 0.139. The van der Waals surface area contributed by atoms with Gasteiger partial charge in [-0.05, 0) is 27.2 Å². The van der Waals surface area contributed by atoms with E-state index in [1.165, 1.54) is 0 Å². The zero-order chi connectivity index (χ0) is 12.3. The standard InChI is InChI=1S/C10H21NO4Si/c1-4-13-8-7-9-16(11-10-12,14-5-2)15-6-3/h4-9H2,1-3H3. The fourth-order valence-corrected chi connectivity index (χ4v) is 3.61. The third kappa shape index (κ3) is 6.15. The van der Waals surface area contributed by atoms with E-state index in [2.05, 4.69) is 4.66 Å². The number of hydrogen-bond donors (Lipinski definition) is 0. The average Bonchev–Trinajstić information content (AvgIpc) is 2.26. The summed E-state index contributed by atoms with van der Waals surface area (Å²) in [5.74, 6) is 0. The third-order valence-corrected chi connectivity index (χ3v) is 4.84. The number of ether oxygens (including phenoxy) is 1. The van der Waals surface area contributed by atoms with Crippen molar-refractivity contribution in [2.45, 2.75) is 33.2 Å². The summed E-state index contributed by atoms with van der Waals surface area (Å²) >= 11 is 0. The van der Waals surface area contributed by atoms with Gasteiger partial charge >= 0.3 is 8.72 Å². The van der Waals surface area contributed by atoms with E-state index in [0.717, 1.165) is 6.42 Å². The van der Waals surface area contributed by atoms with Gasteiger partial charge in [0, 0.05) is 32.5 Å². The van der Waals surface area contributed by atoms with E-state index >= 15 is 0 Å². The Hall–Kier alpha value is -0.523. The van der Waals surface area contributed by atoms with Crippen molar-refractivity contribution in [3.63, 3.8) is 0 Å². The molecule has 94 valence electrons. The molecule has 0 aliphatic heterocycles. The highest BCUT2D eigenvalue weighted by molar-refractivity contribution is 6.66. The van der Waals surface area contributed by atoms with Crippen LogP contribution < -0.4 is 0 Å². The number of nitrogens with zero attached hydrogens (tertiary/aromatic N) is 1. The molecule has 0 spiro atoms. The van der Waals surface area contributed by atoms with Crippen LogP contribution in [0.15, 0.2) is 4.66 Å². The summed E-state index contributed by atoms with van der Waals surface area (Å²) in [6.07, 6.45) is 2.35. The van der Waals surface area contributed by atoms with Crippen LogP contribution in [0.1, 0.15) is 27.2 Å². The molecule has 0 rings (SSSR count). The molecule has 0 saturated carbocycles. The van der Waals surface area contributed by atoms with Gasteiger partial charge < -0.3 is 13.6 Å². The summed E-state index contributed by atoms with van der Waals surface area (Å²) in [6.45, 7) is 7.99. The summed E-state index contributed by atoms with van der Waals surface area (Å²) in [4.78, 5) is 10.4. The van der Waals surface area contributed by atoms with Crippen molar-refractivity contribution >= 4 is 14.8 Å². The molecule has 0 amide bonds. The van der Waals surface area contributed by atoms with Crippen molar-refractivity contribution in [2.75, 3.05) is 26.4 Å². The largest absolute Gasteiger partial charge is 0.488 e. The zero-order valence-electron chi connectivity index (χ0n) is 10.3. The van der Waals surface area contributed by atoms with Crippen molar-refractivity contribution in [1.82, 2.24) is 0 Å². The highest BCUT2D eigenvalue weighted by Crippen LogP contribution is 2.17. The van der Waals surface area contributed by atoms with E-state index in [4.69, 9.17) is 13.6 Å². The lowest BCUT2D eigenvalue weighted by Gasteiger charge is -2.23. The summed E-state index contributed by atoms with van der Waals surface area (Å²) in [5.41, 5.74) is 0. The topological polar surface area (TPSA) is 57.1 Å². The first-order valence-corrected chi connectivity index (χ1v) is 7.66. The molecule has 0 aromatic rings. The second-order valence-electron chi connectivity index (χ2n) is 3.08. The van der Waals surface area contributed by atoms with E-state index in [9.17, 15) is 4.79 Å². The predicted molar refractivity (Wildman–Crippen MR) is 63.0 cm³/mol. The molecule has 0 saturated heterocycles. The maximum Gasteiger partial charge on any atom is 0.488 e. The summed E-state index contributed by atoms with van der Waals surface area (Å²) in [7, 11) is -2.72. The molecule has 0 bridgehead atoms. The molecule has 0 unspecified atom stereocenters. The van der Waals surface area contributed by atoms with Gasteiger partial charge in [0.2, 0.25) is 6.08 Å². The maximum absolute atomic E-state index is 10.4. The van der Waals surface area contributed by atoms with Crippen LogP contribution in [-0.2, 0) is 18.4 Å². The Morgan fingerprint density at radius 1 is 1.12 bits per heavy atom. The molecule has 0 radical (unpaired) electrons. The van der Waals surface area contributed by atoms with Crippen LogP contribution in [0.25, 0.3) is 0 Å². The Morgan fingerprint density at radius 2 is 1.75 bits per heavy atom. The van der Waals surface area contributed by atoms with Crippen LogP contribution in [-0.4, -0.2) is 41.2 Å². The molecule has 0 aromatic heterocycles. The Morgan fingerprint density at radius 3 is 2.19 bits per heavy atom. The molecule has 0 heterocycles. The minimum absolute atomic E-state index is 0.492. The minimum Gasteiger partial charge on any atom is -0.382 e. The molecule has 0 fully saturated rings. The molecular weight excluding hydrogens is 226 g/mol. The van der Waals surface area contributed by atoms with E-state index < -0.39 is 8.72 Å². The van der Waals surface area contributed by atoms with E-state index in [1.54, 1.807) is 6.08 Å². The smallest absolute Gasteiger partial charge is 0.382 e. The second-order valence-corrected chi connectivity index (χ2v) is 5.81. The van der Waals surface area contributed by atoms with Crippen LogP contribution >= 0.6 is 0 Å². The highest BCUT2D eigenvalue weighted by Gasteiger charge is 2.38. The minimum atomic E-state index is -2.72. The summed E-state index contributed by atoms with van der Waals surface area (Å²) < 4.78 is 20.0. The molecule has 0 aliphatic carbocycles. The molecular formula is C10H21NO4Si. The van der Waals surface area contributed by atoms with Crippen molar-refractivity contribution < 1.29 is 18.4 Å². The van der Waals surface area contributed by atoms with E-state index in [0.29, 0.717) is 32.5 Å². The molecule has 0 aromatic carbocycles. The van der Waals surface area contributed by atoms with Crippen molar-refractivity contribution in [2.24, 2.45) is 4.66 Å². The number of rotatable bonds is 10. The number of hydrogen-bond acceptors (Lipinski definition) is 5. The molecule has 5 nitrogen and oxygen atoms in total. The Kier molecular flexibility index (Phi) is 9.37. The van der Waals surface area contributed by atoms with Crippen molar-refractivity contribution in [1.29, 1.82) is 0 Å². The fourth-order valence-electron chi connectivity index (χ4n) is 1.37. The van der Waals surface area contributed by atoms with Crippen molar-refractivity contribution in [3.8, 4) is 0 Å². The fraction of sp³-hybridized carbons (Fsp3) is 0.900. The van der Waals surface area contributed by atoms with Gasteiger partial charge in [0.15, 0.2) is 0 Å². The highest BCUT2D eigenvalue weighted by atomic mass is 28.4. The first-order chi connectivity index (χ1) is 7.74. The van der Waals surface area contributed by atoms with Crippen LogP contribution in [0, 0.1) is 0 Å². The number of isocyanates is 1. The van der Waals surface area contributed by atoms with Crippen LogP contribution in [0.4, 0.5) is 0 Å². The summed E-state index contributed by atoms with van der Waals surface area (Å²) in [5, 5.41) is 0. The van der Waals surface area contributed by atoms with Gasteiger partial charge in [-0.3, -0.25) is 0 Å². The second kappa shape index (κ2) is 9.69. The maximum atomic E-state index is 10.4. The Balaban J connectivity index is 4.29. The average molecular weight is 247 g/mol. The quantitative estimate of drug-likeness (QED) is 0.255.